The molecule has 0 unspecified atom stereocenters. The molecule has 20 heavy (non-hydrogen) atoms. The van der Waals surface area contributed by atoms with Gasteiger partial charge in [0.05, 0.1) is 0 Å². The highest BCUT2D eigenvalue weighted by Gasteiger charge is 2.51. The van der Waals surface area contributed by atoms with Crippen LogP contribution in [0.25, 0.3) is 0 Å². The van der Waals surface area contributed by atoms with Gasteiger partial charge in [0.1, 0.15) is 0 Å². The number of amides is 1. The maximum Gasteiger partial charge on any atom is 0.224 e. The van der Waals surface area contributed by atoms with E-state index in [1.165, 1.54) is 38.5 Å². The summed E-state index contributed by atoms with van der Waals surface area (Å²) in [5.74, 6) is 2.99. The molecular weight excluding hydrogens is 246 g/mol. The topological polar surface area (TPSA) is 29.1 Å². The number of carbonyl (C=O) groups excluding carboxylic acids is 1. The number of anilines is 1. The summed E-state index contributed by atoms with van der Waals surface area (Å²) in [6, 6.07) is 9.87. The molecule has 4 aliphatic rings. The molecular formula is C18H23NO. The molecule has 0 saturated heterocycles. The normalized spacial score (nSPS) is 37.9. The van der Waals surface area contributed by atoms with Gasteiger partial charge in [-0.2, -0.15) is 0 Å². The van der Waals surface area contributed by atoms with Gasteiger partial charge in [0.2, 0.25) is 5.91 Å². The van der Waals surface area contributed by atoms with Crippen LogP contribution in [0.2, 0.25) is 0 Å². The van der Waals surface area contributed by atoms with Crippen molar-refractivity contribution in [1.82, 2.24) is 0 Å². The van der Waals surface area contributed by atoms with Crippen LogP contribution in [-0.2, 0) is 4.79 Å². The molecule has 0 atom stereocenters. The highest BCUT2D eigenvalue weighted by Crippen LogP contribution is 2.61. The minimum absolute atomic E-state index is 0.221. The SMILES string of the molecule is O=C(CC12CC3CC(CC(C3)C1)C2)Nc1ccccc1. The van der Waals surface area contributed by atoms with Gasteiger partial charge < -0.3 is 5.32 Å². The number of benzene rings is 1. The Morgan fingerprint density at radius 2 is 1.55 bits per heavy atom. The Bertz CT molecular complexity index is 472. The second-order valence-corrected chi connectivity index (χ2v) is 7.51. The molecule has 1 amide bonds. The lowest BCUT2D eigenvalue weighted by Crippen LogP contribution is -2.47. The lowest BCUT2D eigenvalue weighted by atomic mass is 9.49. The summed E-state index contributed by atoms with van der Waals surface area (Å²) in [7, 11) is 0. The molecule has 4 fully saturated rings. The third-order valence-electron chi connectivity index (χ3n) is 5.76. The van der Waals surface area contributed by atoms with Crippen LogP contribution in [0.1, 0.15) is 44.9 Å². The molecule has 4 aliphatic carbocycles. The summed E-state index contributed by atoms with van der Waals surface area (Å²) in [5, 5.41) is 3.08. The first-order valence-electron chi connectivity index (χ1n) is 8.06. The zero-order valence-electron chi connectivity index (χ0n) is 12.0. The fourth-order valence-corrected chi connectivity index (χ4v) is 5.57. The van der Waals surface area contributed by atoms with Crippen LogP contribution in [0.4, 0.5) is 5.69 Å². The summed E-state index contributed by atoms with van der Waals surface area (Å²) >= 11 is 0. The first-order chi connectivity index (χ1) is 9.71. The summed E-state index contributed by atoms with van der Waals surface area (Å²) in [4.78, 5) is 12.4. The molecule has 4 saturated carbocycles. The van der Waals surface area contributed by atoms with Crippen molar-refractivity contribution in [3.8, 4) is 0 Å². The van der Waals surface area contributed by atoms with Crippen molar-refractivity contribution in [3.05, 3.63) is 30.3 Å². The van der Waals surface area contributed by atoms with Gasteiger partial charge in [-0.1, -0.05) is 18.2 Å². The number of rotatable bonds is 3. The average molecular weight is 269 g/mol. The highest BCUT2D eigenvalue weighted by molar-refractivity contribution is 5.91. The summed E-state index contributed by atoms with van der Waals surface area (Å²) in [5.41, 5.74) is 1.27. The molecule has 106 valence electrons. The average Bonchev–Trinajstić information content (AvgIpc) is 2.37. The Labute approximate surface area is 121 Å². The second kappa shape index (κ2) is 4.61. The number of hydrogen-bond acceptors (Lipinski definition) is 1. The monoisotopic (exact) mass is 269 g/mol. The first kappa shape index (κ1) is 12.4. The molecule has 5 rings (SSSR count). The summed E-state index contributed by atoms with van der Waals surface area (Å²) in [6.07, 6.45) is 8.99. The fraction of sp³-hybridized carbons (Fsp3) is 0.611. The lowest BCUT2D eigenvalue weighted by Gasteiger charge is -2.56. The van der Waals surface area contributed by atoms with Crippen LogP contribution >= 0.6 is 0 Å². The first-order valence-corrected chi connectivity index (χ1v) is 8.06. The molecule has 0 aromatic heterocycles. The number of hydrogen-bond donors (Lipinski definition) is 1. The van der Waals surface area contributed by atoms with E-state index < -0.39 is 0 Å². The lowest BCUT2D eigenvalue weighted by molar-refractivity contribution is -0.124. The van der Waals surface area contributed by atoms with Crippen LogP contribution in [0, 0.1) is 23.2 Å². The van der Waals surface area contributed by atoms with Gasteiger partial charge in [-0.05, 0) is 73.8 Å². The smallest absolute Gasteiger partial charge is 0.224 e. The quantitative estimate of drug-likeness (QED) is 0.874. The van der Waals surface area contributed by atoms with Gasteiger partial charge in [0, 0.05) is 12.1 Å². The molecule has 0 aliphatic heterocycles. The Kier molecular flexibility index (Phi) is 2.87. The van der Waals surface area contributed by atoms with Crippen molar-refractivity contribution in [1.29, 1.82) is 0 Å². The molecule has 1 aromatic rings. The van der Waals surface area contributed by atoms with Gasteiger partial charge in [-0.15, -0.1) is 0 Å². The van der Waals surface area contributed by atoms with Crippen molar-refractivity contribution in [3.63, 3.8) is 0 Å². The number of nitrogens with one attached hydrogen (secondary N) is 1. The molecule has 0 heterocycles. The number of para-hydroxylation sites is 1. The maximum absolute atomic E-state index is 12.4. The molecule has 2 nitrogen and oxygen atoms in total. The molecule has 1 aromatic carbocycles. The Hall–Kier alpha value is -1.31. The molecule has 4 bridgehead atoms. The van der Waals surface area contributed by atoms with Gasteiger partial charge in [0.15, 0.2) is 0 Å². The standard InChI is InChI=1S/C18H23NO/c20-17(19-16-4-2-1-3-5-16)12-18-9-13-6-14(10-18)8-15(7-13)11-18/h1-5,13-15H,6-12H2,(H,19,20). The highest BCUT2D eigenvalue weighted by atomic mass is 16.1. The molecule has 1 N–H and O–H groups in total. The van der Waals surface area contributed by atoms with E-state index in [4.69, 9.17) is 0 Å². The van der Waals surface area contributed by atoms with Crippen molar-refractivity contribution >= 4 is 11.6 Å². The van der Waals surface area contributed by atoms with Crippen LogP contribution in [-0.4, -0.2) is 5.91 Å². The molecule has 0 radical (unpaired) electrons. The van der Waals surface area contributed by atoms with Gasteiger partial charge in [-0.25, -0.2) is 0 Å². The predicted molar refractivity (Wildman–Crippen MR) is 80.3 cm³/mol. The predicted octanol–water partition coefficient (Wildman–Crippen LogP) is 4.23. The minimum atomic E-state index is 0.221. The molecule has 2 heteroatoms. The second-order valence-electron chi connectivity index (χ2n) is 7.51. The Morgan fingerprint density at radius 3 is 2.10 bits per heavy atom. The van der Waals surface area contributed by atoms with Gasteiger partial charge >= 0.3 is 0 Å². The van der Waals surface area contributed by atoms with Crippen LogP contribution < -0.4 is 5.32 Å². The Balaban J connectivity index is 1.45. The van der Waals surface area contributed by atoms with Crippen molar-refractivity contribution in [2.75, 3.05) is 5.32 Å². The van der Waals surface area contributed by atoms with E-state index >= 15 is 0 Å². The zero-order valence-corrected chi connectivity index (χ0v) is 12.0. The Morgan fingerprint density at radius 1 is 1.00 bits per heavy atom. The van der Waals surface area contributed by atoms with E-state index in [-0.39, 0.29) is 5.91 Å². The maximum atomic E-state index is 12.4. The number of carbonyl (C=O) groups is 1. The van der Waals surface area contributed by atoms with Crippen LogP contribution in [0.15, 0.2) is 30.3 Å². The van der Waals surface area contributed by atoms with Crippen LogP contribution in [0.3, 0.4) is 0 Å². The van der Waals surface area contributed by atoms with Gasteiger partial charge in [0.25, 0.3) is 0 Å². The minimum Gasteiger partial charge on any atom is -0.326 e. The van der Waals surface area contributed by atoms with Crippen molar-refractivity contribution in [2.24, 2.45) is 23.2 Å². The van der Waals surface area contributed by atoms with E-state index in [0.29, 0.717) is 5.41 Å². The fourth-order valence-electron chi connectivity index (χ4n) is 5.57. The largest absolute Gasteiger partial charge is 0.326 e. The van der Waals surface area contributed by atoms with E-state index in [1.807, 2.05) is 30.3 Å². The van der Waals surface area contributed by atoms with E-state index in [2.05, 4.69) is 5.32 Å². The van der Waals surface area contributed by atoms with Crippen molar-refractivity contribution < 1.29 is 4.79 Å². The zero-order chi connectivity index (χ0) is 13.6. The third-order valence-corrected chi connectivity index (χ3v) is 5.76. The molecule has 0 spiro atoms. The van der Waals surface area contributed by atoms with E-state index in [0.717, 1.165) is 29.9 Å². The van der Waals surface area contributed by atoms with Gasteiger partial charge in [-0.3, -0.25) is 4.79 Å². The summed E-state index contributed by atoms with van der Waals surface area (Å²) in [6.45, 7) is 0. The van der Waals surface area contributed by atoms with E-state index in [1.54, 1.807) is 0 Å². The third kappa shape index (κ3) is 2.25. The van der Waals surface area contributed by atoms with E-state index in [9.17, 15) is 4.79 Å². The van der Waals surface area contributed by atoms with Crippen LogP contribution in [0.5, 0.6) is 0 Å². The van der Waals surface area contributed by atoms with Crippen molar-refractivity contribution in [2.45, 2.75) is 44.9 Å². The summed E-state index contributed by atoms with van der Waals surface area (Å²) < 4.78 is 0.